The third kappa shape index (κ3) is 2.76. The molecule has 0 bridgehead atoms. The Bertz CT molecular complexity index is 670. The van der Waals surface area contributed by atoms with Gasteiger partial charge >= 0.3 is 0 Å². The van der Waals surface area contributed by atoms with E-state index in [0.717, 1.165) is 22.5 Å². The number of thioether (sulfide) groups is 1. The number of nitrogens with two attached hydrogens (primary N) is 1. The Kier molecular flexibility index (Phi) is 4.12. The van der Waals surface area contributed by atoms with Crippen LogP contribution < -0.4 is 11.1 Å². The highest BCUT2D eigenvalue weighted by Crippen LogP contribution is 2.35. The Balaban J connectivity index is 1.75. The number of hydrogen-bond acceptors (Lipinski definition) is 5. The zero-order valence-corrected chi connectivity index (χ0v) is 13.9. The maximum absolute atomic E-state index is 12.4. The Hall–Kier alpha value is -1.21. The first-order valence-electron chi connectivity index (χ1n) is 7.15. The van der Waals surface area contributed by atoms with E-state index in [1.165, 1.54) is 35.7 Å². The van der Waals surface area contributed by atoms with Gasteiger partial charge in [0.2, 0.25) is 0 Å². The Morgan fingerprint density at radius 3 is 2.86 bits per heavy atom. The molecule has 0 radical (unpaired) electrons. The molecule has 0 unspecified atom stereocenters. The zero-order chi connectivity index (χ0) is 15.0. The Labute approximate surface area is 132 Å². The van der Waals surface area contributed by atoms with E-state index in [9.17, 15) is 4.79 Å². The molecular formula is C14H20N4OS2. The first kappa shape index (κ1) is 14.7. The van der Waals surface area contributed by atoms with E-state index in [1.807, 2.05) is 25.7 Å². The van der Waals surface area contributed by atoms with Crippen LogP contribution in [0.2, 0.25) is 0 Å². The molecule has 0 saturated carbocycles. The summed E-state index contributed by atoms with van der Waals surface area (Å²) in [5.41, 5.74) is 7.60. The fourth-order valence-corrected chi connectivity index (χ4v) is 5.07. The van der Waals surface area contributed by atoms with Gasteiger partial charge in [-0.3, -0.25) is 9.48 Å². The molecular weight excluding hydrogens is 304 g/mol. The van der Waals surface area contributed by atoms with Crippen LogP contribution >= 0.6 is 23.1 Å². The van der Waals surface area contributed by atoms with Crippen LogP contribution in [0.3, 0.4) is 0 Å². The number of carbonyl (C=O) groups excluding carboxylic acids is 1. The third-order valence-electron chi connectivity index (χ3n) is 3.98. The van der Waals surface area contributed by atoms with Gasteiger partial charge in [0, 0.05) is 13.6 Å². The molecule has 3 rings (SSSR count). The maximum Gasteiger partial charge on any atom is 0.263 e. The minimum absolute atomic E-state index is 0.0497. The first-order chi connectivity index (χ1) is 10.1. The molecule has 0 atom stereocenters. The topological polar surface area (TPSA) is 72.9 Å². The fourth-order valence-electron chi connectivity index (χ4n) is 2.77. The number of nitrogen functional groups attached to an aromatic ring is 1. The van der Waals surface area contributed by atoms with Crippen molar-refractivity contribution in [3.63, 3.8) is 0 Å². The molecule has 7 heteroatoms. The number of hydrogen-bond donors (Lipinski definition) is 2. The van der Waals surface area contributed by atoms with Gasteiger partial charge < -0.3 is 11.1 Å². The van der Waals surface area contributed by atoms with Crippen LogP contribution in [0.5, 0.6) is 0 Å². The van der Waals surface area contributed by atoms with E-state index in [2.05, 4.69) is 10.4 Å². The molecule has 1 fully saturated rings. The number of nitrogens with zero attached hydrogens (tertiary/aromatic N) is 2. The van der Waals surface area contributed by atoms with Crippen molar-refractivity contribution in [2.24, 2.45) is 13.0 Å². The predicted octanol–water partition coefficient (Wildman–Crippen LogP) is 2.40. The molecule has 2 aromatic heterocycles. The zero-order valence-electron chi connectivity index (χ0n) is 12.3. The lowest BCUT2D eigenvalue weighted by Gasteiger charge is -2.21. The number of rotatable bonds is 3. The van der Waals surface area contributed by atoms with E-state index >= 15 is 0 Å². The number of nitrogens with one attached hydrogen (secondary N) is 1. The van der Waals surface area contributed by atoms with Gasteiger partial charge in [-0.25, -0.2) is 0 Å². The van der Waals surface area contributed by atoms with Gasteiger partial charge in [-0.15, -0.1) is 11.3 Å². The third-order valence-corrected chi connectivity index (χ3v) is 6.30. The predicted molar refractivity (Wildman–Crippen MR) is 90.1 cm³/mol. The van der Waals surface area contributed by atoms with Crippen LogP contribution in [0, 0.1) is 12.8 Å². The molecule has 3 heterocycles. The highest BCUT2D eigenvalue weighted by molar-refractivity contribution is 7.99. The lowest BCUT2D eigenvalue weighted by Crippen LogP contribution is -2.30. The summed E-state index contributed by atoms with van der Waals surface area (Å²) in [6, 6.07) is 0. The van der Waals surface area contributed by atoms with Crippen molar-refractivity contribution < 1.29 is 4.79 Å². The maximum atomic E-state index is 12.4. The quantitative estimate of drug-likeness (QED) is 0.909. The van der Waals surface area contributed by atoms with Crippen LogP contribution in [0.4, 0.5) is 5.69 Å². The van der Waals surface area contributed by atoms with Crippen molar-refractivity contribution in [1.29, 1.82) is 0 Å². The molecule has 1 aliphatic heterocycles. The van der Waals surface area contributed by atoms with E-state index in [4.69, 9.17) is 5.73 Å². The van der Waals surface area contributed by atoms with Crippen molar-refractivity contribution in [3.05, 3.63) is 10.6 Å². The summed E-state index contributed by atoms with van der Waals surface area (Å²) < 4.78 is 1.79. The smallest absolute Gasteiger partial charge is 0.263 e. The normalized spacial score (nSPS) is 16.5. The second kappa shape index (κ2) is 5.88. The van der Waals surface area contributed by atoms with Gasteiger partial charge in [-0.05, 0) is 37.2 Å². The number of fused-ring (bicyclic) bond motifs is 1. The second-order valence-electron chi connectivity index (χ2n) is 5.50. The molecule has 5 nitrogen and oxygen atoms in total. The Morgan fingerprint density at radius 1 is 1.48 bits per heavy atom. The number of carbonyl (C=O) groups is 1. The van der Waals surface area contributed by atoms with Gasteiger partial charge in [0.05, 0.1) is 16.8 Å². The van der Waals surface area contributed by atoms with Crippen LogP contribution in [-0.2, 0) is 7.05 Å². The van der Waals surface area contributed by atoms with Gasteiger partial charge in [0.25, 0.3) is 5.91 Å². The van der Waals surface area contributed by atoms with Crippen molar-refractivity contribution in [2.75, 3.05) is 23.8 Å². The van der Waals surface area contributed by atoms with E-state index in [0.29, 0.717) is 16.5 Å². The number of anilines is 1. The standard InChI is InChI=1S/C14H20N4OS2/c1-8-10-11(15)12(21-14(10)18(2)17-8)13(19)16-7-9-3-5-20-6-4-9/h9H,3-7,15H2,1-2H3,(H,16,19). The van der Waals surface area contributed by atoms with Crippen molar-refractivity contribution in [2.45, 2.75) is 19.8 Å². The lowest BCUT2D eigenvalue weighted by molar-refractivity contribution is 0.0951. The van der Waals surface area contributed by atoms with Gasteiger partial charge in [0.1, 0.15) is 9.71 Å². The average molecular weight is 324 g/mol. The highest BCUT2D eigenvalue weighted by Gasteiger charge is 2.22. The summed E-state index contributed by atoms with van der Waals surface area (Å²) in [4.78, 5) is 14.0. The Morgan fingerprint density at radius 2 is 2.19 bits per heavy atom. The molecule has 1 amide bonds. The molecule has 114 valence electrons. The number of amides is 1. The van der Waals surface area contributed by atoms with Crippen molar-refractivity contribution in [1.82, 2.24) is 15.1 Å². The minimum Gasteiger partial charge on any atom is -0.397 e. The number of aryl methyl sites for hydroxylation is 2. The summed E-state index contributed by atoms with van der Waals surface area (Å²) in [5.74, 6) is 2.97. The molecule has 2 aromatic rings. The molecule has 1 saturated heterocycles. The molecule has 3 N–H and O–H groups in total. The summed E-state index contributed by atoms with van der Waals surface area (Å²) in [6.45, 7) is 2.68. The second-order valence-corrected chi connectivity index (χ2v) is 7.72. The van der Waals surface area contributed by atoms with Crippen molar-refractivity contribution >= 4 is 44.9 Å². The van der Waals surface area contributed by atoms with Crippen LogP contribution in [0.1, 0.15) is 28.2 Å². The van der Waals surface area contributed by atoms with Crippen LogP contribution in [0.15, 0.2) is 0 Å². The van der Waals surface area contributed by atoms with Gasteiger partial charge in [-0.1, -0.05) is 0 Å². The molecule has 0 aliphatic carbocycles. The fraction of sp³-hybridized carbons (Fsp3) is 0.571. The number of thiophene rings is 1. The van der Waals surface area contributed by atoms with E-state index in [1.54, 1.807) is 4.68 Å². The lowest BCUT2D eigenvalue weighted by atomic mass is 10.0. The van der Waals surface area contributed by atoms with Gasteiger partial charge in [0.15, 0.2) is 0 Å². The largest absolute Gasteiger partial charge is 0.397 e. The summed E-state index contributed by atoms with van der Waals surface area (Å²) in [5, 5.41) is 8.31. The molecule has 1 aliphatic rings. The minimum atomic E-state index is -0.0497. The summed E-state index contributed by atoms with van der Waals surface area (Å²) in [6.07, 6.45) is 2.38. The van der Waals surface area contributed by atoms with Crippen LogP contribution in [0.25, 0.3) is 10.2 Å². The first-order valence-corrected chi connectivity index (χ1v) is 9.12. The van der Waals surface area contributed by atoms with Gasteiger partial charge in [-0.2, -0.15) is 16.9 Å². The molecule has 0 spiro atoms. The monoisotopic (exact) mass is 324 g/mol. The summed E-state index contributed by atoms with van der Waals surface area (Å²) >= 11 is 3.42. The average Bonchev–Trinajstić information content (AvgIpc) is 2.97. The van der Waals surface area contributed by atoms with Crippen LogP contribution in [-0.4, -0.2) is 33.7 Å². The number of aromatic nitrogens is 2. The van der Waals surface area contributed by atoms with E-state index in [-0.39, 0.29) is 5.91 Å². The van der Waals surface area contributed by atoms with Crippen molar-refractivity contribution in [3.8, 4) is 0 Å². The van der Waals surface area contributed by atoms with E-state index < -0.39 is 0 Å². The summed E-state index contributed by atoms with van der Waals surface area (Å²) in [7, 11) is 1.88. The molecule has 0 aromatic carbocycles. The SMILES string of the molecule is Cc1nn(C)c2sc(C(=O)NCC3CCSCC3)c(N)c12. The molecule has 21 heavy (non-hydrogen) atoms. The highest BCUT2D eigenvalue weighted by atomic mass is 32.2.